The first kappa shape index (κ1) is 19.2. The standard InChI is InChI=1S/C20H16Cl2N2O3/c1-12(20(26)27-2)18(25)16-17(14-10-6-7-11-15(14)21)23-24(19(16)22)13-8-4-3-5-9-13/h3-11,18,25H,1H2,2H3. The molecule has 0 radical (unpaired) electrons. The molecule has 1 N–H and O–H groups in total. The third-order valence-corrected chi connectivity index (χ3v) is 4.74. The number of aliphatic hydroxyl groups excluding tert-OH is 1. The van der Waals surface area contributed by atoms with Gasteiger partial charge in [0.2, 0.25) is 0 Å². The van der Waals surface area contributed by atoms with Gasteiger partial charge in [0, 0.05) is 5.56 Å². The Balaban J connectivity index is 2.24. The zero-order chi connectivity index (χ0) is 19.6. The number of para-hydroxylation sites is 1. The summed E-state index contributed by atoms with van der Waals surface area (Å²) < 4.78 is 6.14. The second kappa shape index (κ2) is 7.96. The number of aromatic nitrogens is 2. The van der Waals surface area contributed by atoms with Crippen LogP contribution < -0.4 is 0 Å². The molecule has 5 nitrogen and oxygen atoms in total. The molecule has 3 rings (SSSR count). The molecule has 7 heteroatoms. The summed E-state index contributed by atoms with van der Waals surface area (Å²) in [6, 6.07) is 16.2. The van der Waals surface area contributed by atoms with Crippen LogP contribution in [0.15, 0.2) is 66.7 Å². The van der Waals surface area contributed by atoms with Crippen molar-refractivity contribution in [3.05, 3.63) is 82.5 Å². The van der Waals surface area contributed by atoms with Gasteiger partial charge in [0.1, 0.15) is 17.0 Å². The summed E-state index contributed by atoms with van der Waals surface area (Å²) in [5, 5.41) is 15.9. The van der Waals surface area contributed by atoms with Gasteiger partial charge < -0.3 is 9.84 Å². The van der Waals surface area contributed by atoms with Crippen molar-refractivity contribution in [3.63, 3.8) is 0 Å². The molecule has 27 heavy (non-hydrogen) atoms. The highest BCUT2D eigenvalue weighted by Crippen LogP contribution is 2.39. The Hall–Kier alpha value is -2.60. The van der Waals surface area contributed by atoms with E-state index in [-0.39, 0.29) is 16.3 Å². The lowest BCUT2D eigenvalue weighted by Gasteiger charge is -2.13. The predicted molar refractivity (Wildman–Crippen MR) is 105 cm³/mol. The minimum atomic E-state index is -1.41. The van der Waals surface area contributed by atoms with Crippen LogP contribution in [0.3, 0.4) is 0 Å². The van der Waals surface area contributed by atoms with Gasteiger partial charge in [0.25, 0.3) is 0 Å². The van der Waals surface area contributed by atoms with E-state index in [1.54, 1.807) is 24.3 Å². The molecule has 138 valence electrons. The summed E-state index contributed by atoms with van der Waals surface area (Å²) >= 11 is 12.9. The average molecular weight is 403 g/mol. The zero-order valence-electron chi connectivity index (χ0n) is 14.4. The summed E-state index contributed by atoms with van der Waals surface area (Å²) in [6.45, 7) is 3.63. The lowest BCUT2D eigenvalue weighted by atomic mass is 9.99. The highest BCUT2D eigenvalue weighted by molar-refractivity contribution is 6.34. The number of esters is 1. The summed E-state index contributed by atoms with van der Waals surface area (Å²) in [6.07, 6.45) is -1.41. The zero-order valence-corrected chi connectivity index (χ0v) is 15.9. The molecule has 1 atom stereocenters. The Morgan fingerprint density at radius 3 is 2.41 bits per heavy atom. The van der Waals surface area contributed by atoms with Crippen LogP contribution in [0.4, 0.5) is 0 Å². The van der Waals surface area contributed by atoms with Gasteiger partial charge in [-0.15, -0.1) is 0 Å². The van der Waals surface area contributed by atoms with Crippen LogP contribution in [-0.2, 0) is 9.53 Å². The van der Waals surface area contributed by atoms with Crippen molar-refractivity contribution < 1.29 is 14.6 Å². The molecule has 1 heterocycles. The van der Waals surface area contributed by atoms with Crippen LogP contribution in [0.25, 0.3) is 16.9 Å². The minimum absolute atomic E-state index is 0.147. The normalized spacial score (nSPS) is 11.9. The first-order valence-corrected chi connectivity index (χ1v) is 8.75. The van der Waals surface area contributed by atoms with Crippen LogP contribution in [0, 0.1) is 0 Å². The fourth-order valence-corrected chi connectivity index (χ4v) is 3.21. The Morgan fingerprint density at radius 1 is 1.15 bits per heavy atom. The first-order chi connectivity index (χ1) is 13.0. The molecule has 0 aliphatic rings. The summed E-state index contributed by atoms with van der Waals surface area (Å²) in [4.78, 5) is 11.9. The Morgan fingerprint density at radius 2 is 1.78 bits per heavy atom. The van der Waals surface area contributed by atoms with Crippen molar-refractivity contribution in [3.8, 4) is 16.9 Å². The third kappa shape index (κ3) is 3.62. The van der Waals surface area contributed by atoms with Gasteiger partial charge in [0.15, 0.2) is 0 Å². The maximum atomic E-state index is 11.9. The molecule has 0 saturated carbocycles. The van der Waals surface area contributed by atoms with Gasteiger partial charge in [-0.1, -0.05) is 66.2 Å². The fourth-order valence-electron chi connectivity index (χ4n) is 2.66. The lowest BCUT2D eigenvalue weighted by molar-refractivity contribution is -0.137. The lowest BCUT2D eigenvalue weighted by Crippen LogP contribution is -2.12. The molecular formula is C20H16Cl2N2O3. The SMILES string of the molecule is C=C(C(=O)OC)C(O)c1c(-c2ccccc2Cl)nn(-c2ccccc2)c1Cl. The number of carbonyl (C=O) groups excluding carboxylic acids is 1. The van der Waals surface area contributed by atoms with Crippen molar-refractivity contribution >= 4 is 29.2 Å². The van der Waals surface area contributed by atoms with Gasteiger partial charge in [-0.3, -0.25) is 0 Å². The Bertz CT molecular complexity index is 1000. The number of halogens is 2. The number of carbonyl (C=O) groups is 1. The van der Waals surface area contributed by atoms with E-state index in [0.29, 0.717) is 22.0 Å². The molecule has 0 saturated heterocycles. The van der Waals surface area contributed by atoms with Crippen LogP contribution >= 0.6 is 23.2 Å². The topological polar surface area (TPSA) is 64.3 Å². The average Bonchev–Trinajstić information content (AvgIpc) is 3.04. The minimum Gasteiger partial charge on any atom is -0.466 e. The van der Waals surface area contributed by atoms with E-state index in [1.807, 2.05) is 30.3 Å². The monoisotopic (exact) mass is 402 g/mol. The molecule has 3 aromatic rings. The molecular weight excluding hydrogens is 387 g/mol. The van der Waals surface area contributed by atoms with Crippen molar-refractivity contribution in [2.45, 2.75) is 6.10 Å². The largest absolute Gasteiger partial charge is 0.466 e. The molecule has 1 aromatic heterocycles. The van der Waals surface area contributed by atoms with E-state index in [2.05, 4.69) is 16.4 Å². The second-order valence-corrected chi connectivity index (χ2v) is 6.46. The second-order valence-electron chi connectivity index (χ2n) is 5.70. The van der Waals surface area contributed by atoms with Gasteiger partial charge in [-0.05, 0) is 18.2 Å². The smallest absolute Gasteiger partial charge is 0.336 e. The molecule has 0 aliphatic carbocycles. The van der Waals surface area contributed by atoms with E-state index in [9.17, 15) is 9.90 Å². The predicted octanol–water partition coefficient (Wildman–Crippen LogP) is 4.61. The number of aliphatic hydroxyl groups is 1. The van der Waals surface area contributed by atoms with Crippen LogP contribution in [0.5, 0.6) is 0 Å². The number of methoxy groups -OCH3 is 1. The molecule has 0 spiro atoms. The van der Waals surface area contributed by atoms with E-state index < -0.39 is 12.1 Å². The van der Waals surface area contributed by atoms with E-state index in [4.69, 9.17) is 23.2 Å². The van der Waals surface area contributed by atoms with E-state index in [0.717, 1.165) is 0 Å². The van der Waals surface area contributed by atoms with Gasteiger partial charge in [0.05, 0.1) is 29.0 Å². The molecule has 0 bridgehead atoms. The third-order valence-electron chi connectivity index (χ3n) is 4.04. The van der Waals surface area contributed by atoms with Crippen molar-refractivity contribution in [2.24, 2.45) is 0 Å². The van der Waals surface area contributed by atoms with Gasteiger partial charge in [-0.2, -0.15) is 5.10 Å². The number of hydrogen-bond donors (Lipinski definition) is 1. The van der Waals surface area contributed by atoms with E-state index >= 15 is 0 Å². The number of ether oxygens (including phenoxy) is 1. The van der Waals surface area contributed by atoms with Gasteiger partial charge >= 0.3 is 5.97 Å². The summed E-state index contributed by atoms with van der Waals surface area (Å²) in [5.41, 5.74) is 1.69. The summed E-state index contributed by atoms with van der Waals surface area (Å²) in [7, 11) is 1.21. The van der Waals surface area contributed by atoms with Crippen LogP contribution in [0.2, 0.25) is 10.2 Å². The number of nitrogens with zero attached hydrogens (tertiary/aromatic N) is 2. The Kier molecular flexibility index (Phi) is 5.65. The maximum Gasteiger partial charge on any atom is 0.336 e. The highest BCUT2D eigenvalue weighted by Gasteiger charge is 2.30. The van der Waals surface area contributed by atoms with Crippen LogP contribution in [-0.4, -0.2) is 28.0 Å². The quantitative estimate of drug-likeness (QED) is 0.499. The number of rotatable bonds is 5. The highest BCUT2D eigenvalue weighted by atomic mass is 35.5. The Labute approximate surface area is 166 Å². The van der Waals surface area contributed by atoms with E-state index in [1.165, 1.54) is 11.8 Å². The van der Waals surface area contributed by atoms with Gasteiger partial charge in [-0.25, -0.2) is 9.48 Å². The van der Waals surface area contributed by atoms with Crippen molar-refractivity contribution in [1.29, 1.82) is 0 Å². The van der Waals surface area contributed by atoms with Crippen molar-refractivity contribution in [2.75, 3.05) is 7.11 Å². The molecule has 0 amide bonds. The number of benzene rings is 2. The summed E-state index contributed by atoms with van der Waals surface area (Å²) in [5.74, 6) is -0.740. The van der Waals surface area contributed by atoms with Crippen molar-refractivity contribution in [1.82, 2.24) is 9.78 Å². The number of hydrogen-bond acceptors (Lipinski definition) is 4. The van der Waals surface area contributed by atoms with Crippen LogP contribution in [0.1, 0.15) is 11.7 Å². The molecule has 1 unspecified atom stereocenters. The molecule has 0 fully saturated rings. The molecule has 2 aromatic carbocycles. The molecule has 0 aliphatic heterocycles. The fraction of sp³-hybridized carbons (Fsp3) is 0.100. The maximum absolute atomic E-state index is 11.9. The first-order valence-electron chi connectivity index (χ1n) is 7.99.